The van der Waals surface area contributed by atoms with Crippen LogP contribution in [-0.2, 0) is 4.74 Å². The van der Waals surface area contributed by atoms with E-state index in [9.17, 15) is 4.79 Å². The summed E-state index contributed by atoms with van der Waals surface area (Å²) in [6.07, 6.45) is 2.79. The lowest BCUT2D eigenvalue weighted by Crippen LogP contribution is -2.50. The molecule has 0 bridgehead atoms. The van der Waals surface area contributed by atoms with Gasteiger partial charge in [0.2, 0.25) is 0 Å². The number of anilines is 1. The van der Waals surface area contributed by atoms with Crippen LogP contribution in [0.25, 0.3) is 11.0 Å². The summed E-state index contributed by atoms with van der Waals surface area (Å²) in [5.41, 5.74) is 1.13. The molecule has 2 aromatic rings. The van der Waals surface area contributed by atoms with E-state index in [4.69, 9.17) is 14.5 Å². The van der Waals surface area contributed by atoms with Crippen LogP contribution in [0.3, 0.4) is 0 Å². The van der Waals surface area contributed by atoms with Gasteiger partial charge in [-0.25, -0.2) is 14.8 Å². The van der Waals surface area contributed by atoms with E-state index >= 15 is 0 Å². The molecule has 1 amide bonds. The van der Waals surface area contributed by atoms with E-state index in [1.54, 1.807) is 0 Å². The maximum Gasteiger partial charge on any atom is 0.410 e. The van der Waals surface area contributed by atoms with E-state index in [1.807, 2.05) is 68.8 Å². The number of carbonyl (C=O) groups excluding carboxylic acids is 1. The fraction of sp³-hybridized carbons (Fsp3) is 0.591. The molecule has 1 saturated heterocycles. The van der Waals surface area contributed by atoms with Crippen molar-refractivity contribution < 1.29 is 14.3 Å². The van der Waals surface area contributed by atoms with E-state index < -0.39 is 5.60 Å². The molecule has 7 heteroatoms. The summed E-state index contributed by atoms with van der Waals surface area (Å²) in [5, 5.41) is 0. The minimum absolute atomic E-state index is 0.0614. The van der Waals surface area contributed by atoms with Gasteiger partial charge in [-0.3, -0.25) is 0 Å². The Bertz CT molecular complexity index is 850. The van der Waals surface area contributed by atoms with Gasteiger partial charge in [0.25, 0.3) is 5.88 Å². The number of benzene rings is 1. The van der Waals surface area contributed by atoms with Gasteiger partial charge in [-0.2, -0.15) is 0 Å². The summed E-state index contributed by atoms with van der Waals surface area (Å²) < 4.78 is 11.4. The molecule has 29 heavy (non-hydrogen) atoms. The zero-order valence-electron chi connectivity index (χ0n) is 18.1. The van der Waals surface area contributed by atoms with Gasteiger partial charge >= 0.3 is 6.09 Å². The molecule has 1 aliphatic rings. The molecular formula is C22H32N4O3. The van der Waals surface area contributed by atoms with E-state index in [0.29, 0.717) is 24.8 Å². The Balaban J connectivity index is 1.82. The van der Waals surface area contributed by atoms with Crippen LogP contribution in [0.4, 0.5) is 10.6 Å². The predicted molar refractivity (Wildman–Crippen MR) is 115 cm³/mol. The molecule has 158 valence electrons. The zero-order valence-corrected chi connectivity index (χ0v) is 18.1. The Morgan fingerprint density at radius 2 is 1.90 bits per heavy atom. The van der Waals surface area contributed by atoms with Crippen LogP contribution < -0.4 is 9.64 Å². The average Bonchev–Trinajstić information content (AvgIpc) is 2.66. The summed E-state index contributed by atoms with van der Waals surface area (Å²) in [6.45, 7) is 9.51. The van der Waals surface area contributed by atoms with Crippen LogP contribution in [0.5, 0.6) is 5.88 Å². The van der Waals surface area contributed by atoms with Crippen molar-refractivity contribution in [2.75, 3.05) is 31.6 Å². The summed E-state index contributed by atoms with van der Waals surface area (Å²) in [4.78, 5) is 26.1. The fourth-order valence-electron chi connectivity index (χ4n) is 3.61. The number of hydrogen-bond donors (Lipinski definition) is 0. The molecule has 3 rings (SSSR count). The number of nitrogens with zero attached hydrogens (tertiary/aromatic N) is 4. The minimum Gasteiger partial charge on any atom is -0.475 e. The molecule has 1 unspecified atom stereocenters. The summed E-state index contributed by atoms with van der Waals surface area (Å²) in [5.74, 6) is 1.22. The second-order valence-corrected chi connectivity index (χ2v) is 8.48. The monoisotopic (exact) mass is 400 g/mol. The molecule has 0 spiro atoms. The number of likely N-dealkylation sites (N-methyl/N-ethyl adjacent to an activating group) is 1. The number of aromatic nitrogens is 2. The normalized spacial score (nSPS) is 17.3. The van der Waals surface area contributed by atoms with Gasteiger partial charge in [0, 0.05) is 20.1 Å². The minimum atomic E-state index is -0.503. The van der Waals surface area contributed by atoms with Gasteiger partial charge in [-0.15, -0.1) is 0 Å². The maximum absolute atomic E-state index is 12.7. The van der Waals surface area contributed by atoms with Crippen molar-refractivity contribution in [3.63, 3.8) is 0 Å². The molecule has 0 aliphatic carbocycles. The average molecular weight is 401 g/mol. The summed E-state index contributed by atoms with van der Waals surface area (Å²) in [7, 11) is 1.98. The van der Waals surface area contributed by atoms with Gasteiger partial charge < -0.3 is 19.3 Å². The highest BCUT2D eigenvalue weighted by molar-refractivity contribution is 5.77. The van der Waals surface area contributed by atoms with E-state index in [2.05, 4.69) is 4.98 Å². The van der Waals surface area contributed by atoms with Crippen LogP contribution in [-0.4, -0.2) is 59.3 Å². The second kappa shape index (κ2) is 8.84. The first-order valence-corrected chi connectivity index (χ1v) is 10.4. The largest absolute Gasteiger partial charge is 0.475 e. The van der Waals surface area contributed by atoms with Gasteiger partial charge in [-0.05, 0) is 59.1 Å². The van der Waals surface area contributed by atoms with Crippen LogP contribution in [0.15, 0.2) is 24.3 Å². The summed E-state index contributed by atoms with van der Waals surface area (Å²) >= 11 is 0. The van der Waals surface area contributed by atoms with Crippen molar-refractivity contribution in [2.45, 2.75) is 58.6 Å². The van der Waals surface area contributed by atoms with E-state index in [1.165, 1.54) is 0 Å². The van der Waals surface area contributed by atoms with Crippen molar-refractivity contribution in [3.05, 3.63) is 24.3 Å². The molecule has 0 N–H and O–H groups in total. The molecule has 0 saturated carbocycles. The number of piperidine rings is 1. The highest BCUT2D eigenvalue weighted by atomic mass is 16.6. The number of carbonyl (C=O) groups is 1. The Morgan fingerprint density at radius 3 is 2.55 bits per heavy atom. The lowest BCUT2D eigenvalue weighted by Gasteiger charge is -2.38. The first kappa shape index (κ1) is 21.1. The first-order valence-electron chi connectivity index (χ1n) is 10.4. The van der Waals surface area contributed by atoms with Crippen LogP contribution in [0.1, 0.15) is 47.0 Å². The van der Waals surface area contributed by atoms with Crippen molar-refractivity contribution >= 4 is 22.9 Å². The van der Waals surface area contributed by atoms with Gasteiger partial charge in [0.05, 0.1) is 23.7 Å². The van der Waals surface area contributed by atoms with Gasteiger partial charge in [0.1, 0.15) is 5.60 Å². The van der Waals surface area contributed by atoms with Crippen molar-refractivity contribution in [2.24, 2.45) is 0 Å². The molecule has 1 atom stereocenters. The number of ether oxygens (including phenoxy) is 2. The fourth-order valence-corrected chi connectivity index (χ4v) is 3.61. The Kier molecular flexibility index (Phi) is 6.45. The summed E-state index contributed by atoms with van der Waals surface area (Å²) in [6, 6.07) is 7.83. The Labute approximate surface area is 173 Å². The lowest BCUT2D eigenvalue weighted by molar-refractivity contribution is 0.0108. The van der Waals surface area contributed by atoms with Crippen molar-refractivity contribution in [1.82, 2.24) is 14.9 Å². The topological polar surface area (TPSA) is 67.8 Å². The number of rotatable bonds is 5. The zero-order chi connectivity index (χ0) is 21.0. The highest BCUT2D eigenvalue weighted by Gasteiger charge is 2.32. The number of fused-ring (bicyclic) bond motifs is 1. The maximum atomic E-state index is 12.7. The third-order valence-corrected chi connectivity index (χ3v) is 4.90. The number of para-hydroxylation sites is 2. The van der Waals surface area contributed by atoms with Crippen molar-refractivity contribution in [1.29, 1.82) is 0 Å². The van der Waals surface area contributed by atoms with Crippen molar-refractivity contribution in [3.8, 4) is 5.88 Å². The molecule has 1 aliphatic heterocycles. The molecular weight excluding hydrogens is 368 g/mol. The number of hydrogen-bond acceptors (Lipinski definition) is 6. The quantitative estimate of drug-likeness (QED) is 0.747. The smallest absolute Gasteiger partial charge is 0.410 e. The highest BCUT2D eigenvalue weighted by Crippen LogP contribution is 2.28. The molecule has 1 fully saturated rings. The number of amides is 1. The van der Waals surface area contributed by atoms with Crippen LogP contribution in [0, 0.1) is 0 Å². The van der Waals surface area contributed by atoms with E-state index in [-0.39, 0.29) is 12.1 Å². The third-order valence-electron chi connectivity index (χ3n) is 4.90. The van der Waals surface area contributed by atoms with Gasteiger partial charge in [0.15, 0.2) is 5.82 Å². The Morgan fingerprint density at radius 1 is 1.21 bits per heavy atom. The second-order valence-electron chi connectivity index (χ2n) is 8.48. The van der Waals surface area contributed by atoms with Gasteiger partial charge in [-0.1, -0.05) is 12.1 Å². The SMILES string of the molecule is CCOc1nc2ccccc2nc1N(C)CC1CCCCN1C(=O)OC(C)(C)C. The molecule has 1 aromatic heterocycles. The van der Waals surface area contributed by atoms with Crippen LogP contribution >= 0.6 is 0 Å². The van der Waals surface area contributed by atoms with Crippen LogP contribution in [0.2, 0.25) is 0 Å². The number of likely N-dealkylation sites (tertiary alicyclic amines) is 1. The molecule has 1 aromatic carbocycles. The molecule has 0 radical (unpaired) electrons. The standard InChI is InChI=1S/C22H32N4O3/c1-6-28-20-19(23-17-12-7-8-13-18(17)24-20)25(5)15-16-11-9-10-14-26(16)21(27)29-22(2,3)4/h7-8,12-13,16H,6,9-11,14-15H2,1-5H3. The van der Waals surface area contributed by atoms with E-state index in [0.717, 1.165) is 36.8 Å². The third kappa shape index (κ3) is 5.28. The Hall–Kier alpha value is -2.57. The molecule has 2 heterocycles. The predicted octanol–water partition coefficient (Wildman–Crippen LogP) is 4.25. The lowest BCUT2D eigenvalue weighted by atomic mass is 10.0. The molecule has 7 nitrogen and oxygen atoms in total. The first-order chi connectivity index (χ1) is 13.8.